The van der Waals surface area contributed by atoms with E-state index in [2.05, 4.69) is 17.4 Å². The van der Waals surface area contributed by atoms with Crippen LogP contribution < -0.4 is 10.1 Å². The van der Waals surface area contributed by atoms with Crippen LogP contribution >= 0.6 is 0 Å². The van der Waals surface area contributed by atoms with Gasteiger partial charge in [0.25, 0.3) is 5.91 Å². The number of anilines is 1. The summed E-state index contributed by atoms with van der Waals surface area (Å²) in [7, 11) is 0. The summed E-state index contributed by atoms with van der Waals surface area (Å²) in [4.78, 5) is 12.5. The van der Waals surface area contributed by atoms with Crippen LogP contribution in [-0.2, 0) is 13.0 Å². The van der Waals surface area contributed by atoms with Gasteiger partial charge in [0.2, 0.25) is 0 Å². The number of aromatic nitrogens is 1. The van der Waals surface area contributed by atoms with Crippen molar-refractivity contribution < 1.29 is 14.1 Å². The first kappa shape index (κ1) is 16.8. The van der Waals surface area contributed by atoms with Crippen molar-refractivity contribution in [1.29, 1.82) is 0 Å². The minimum absolute atomic E-state index is 0.221. The fraction of sp³-hybridized carbons (Fsp3) is 0.200. The van der Waals surface area contributed by atoms with E-state index in [9.17, 15) is 4.79 Å². The molecule has 0 saturated carbocycles. The van der Waals surface area contributed by atoms with Crippen molar-refractivity contribution in [3.8, 4) is 5.75 Å². The summed E-state index contributed by atoms with van der Waals surface area (Å²) < 4.78 is 11.0. The summed E-state index contributed by atoms with van der Waals surface area (Å²) in [5.41, 5.74) is 2.84. The summed E-state index contributed by atoms with van der Waals surface area (Å²) >= 11 is 0. The van der Waals surface area contributed by atoms with Gasteiger partial charge < -0.3 is 14.6 Å². The van der Waals surface area contributed by atoms with Crippen LogP contribution in [0.15, 0.2) is 59.1 Å². The molecule has 25 heavy (non-hydrogen) atoms. The zero-order valence-corrected chi connectivity index (χ0v) is 14.3. The minimum Gasteiger partial charge on any atom is -0.489 e. The average Bonchev–Trinajstić information content (AvgIpc) is 3.02. The molecule has 5 heteroatoms. The molecular weight excluding hydrogens is 316 g/mol. The Bertz CT molecular complexity index is 839. The van der Waals surface area contributed by atoms with E-state index in [1.54, 1.807) is 6.92 Å². The lowest BCUT2D eigenvalue weighted by Crippen LogP contribution is -2.15. The zero-order valence-electron chi connectivity index (χ0n) is 14.3. The van der Waals surface area contributed by atoms with Gasteiger partial charge >= 0.3 is 0 Å². The van der Waals surface area contributed by atoms with Gasteiger partial charge in [-0.05, 0) is 43.2 Å². The number of nitrogens with one attached hydrogen (secondary N) is 1. The largest absolute Gasteiger partial charge is 0.489 e. The molecule has 1 amide bonds. The monoisotopic (exact) mass is 336 g/mol. The number of aryl methyl sites for hydroxylation is 2. The maximum absolute atomic E-state index is 12.5. The van der Waals surface area contributed by atoms with E-state index in [0.29, 0.717) is 17.0 Å². The summed E-state index contributed by atoms with van der Waals surface area (Å²) in [6.07, 6.45) is 0.981. The molecule has 3 rings (SSSR count). The molecule has 0 atom stereocenters. The molecule has 3 aromatic rings. The van der Waals surface area contributed by atoms with E-state index in [1.807, 2.05) is 54.6 Å². The summed E-state index contributed by atoms with van der Waals surface area (Å²) in [5.74, 6) is 0.999. The van der Waals surface area contributed by atoms with Crippen molar-refractivity contribution in [2.75, 3.05) is 5.32 Å². The van der Waals surface area contributed by atoms with Crippen LogP contribution in [0.25, 0.3) is 0 Å². The number of hydrogen-bond acceptors (Lipinski definition) is 4. The number of para-hydroxylation sites is 1. The number of hydrogen-bond donors (Lipinski definition) is 1. The summed E-state index contributed by atoms with van der Waals surface area (Å²) in [6.45, 7) is 4.09. The molecule has 1 heterocycles. The molecule has 5 nitrogen and oxygen atoms in total. The molecule has 0 saturated heterocycles. The topological polar surface area (TPSA) is 64.4 Å². The van der Waals surface area contributed by atoms with E-state index >= 15 is 0 Å². The zero-order chi connectivity index (χ0) is 17.6. The first-order valence-corrected chi connectivity index (χ1v) is 8.20. The second-order valence-electron chi connectivity index (χ2n) is 5.67. The highest BCUT2D eigenvalue weighted by Gasteiger charge is 2.20. The normalized spacial score (nSPS) is 10.5. The Kier molecular flexibility index (Phi) is 5.14. The van der Waals surface area contributed by atoms with Crippen LogP contribution in [0.4, 0.5) is 5.69 Å². The van der Waals surface area contributed by atoms with Crippen LogP contribution in [0, 0.1) is 6.92 Å². The Labute approximate surface area is 146 Å². The molecule has 0 spiro atoms. The van der Waals surface area contributed by atoms with Gasteiger partial charge in [0, 0.05) is 5.69 Å². The van der Waals surface area contributed by atoms with Crippen LogP contribution in [0.2, 0.25) is 0 Å². The molecule has 1 aromatic heterocycles. The van der Waals surface area contributed by atoms with Crippen molar-refractivity contribution >= 4 is 11.6 Å². The van der Waals surface area contributed by atoms with Crippen molar-refractivity contribution in [2.24, 2.45) is 0 Å². The molecule has 0 fully saturated rings. The van der Waals surface area contributed by atoms with Crippen molar-refractivity contribution in [3.63, 3.8) is 0 Å². The van der Waals surface area contributed by atoms with Gasteiger partial charge in [-0.1, -0.05) is 42.4 Å². The maximum atomic E-state index is 12.5. The number of benzene rings is 2. The number of ether oxygens (including phenoxy) is 1. The van der Waals surface area contributed by atoms with Gasteiger partial charge in [-0.3, -0.25) is 4.79 Å². The molecule has 128 valence electrons. The van der Waals surface area contributed by atoms with Crippen LogP contribution in [0.1, 0.15) is 34.3 Å². The number of nitrogens with zero attached hydrogens (tertiary/aromatic N) is 1. The fourth-order valence-electron chi connectivity index (χ4n) is 2.43. The minimum atomic E-state index is -0.317. The Morgan fingerprint density at radius 1 is 1.12 bits per heavy atom. The van der Waals surface area contributed by atoms with E-state index in [1.165, 1.54) is 5.56 Å². The summed E-state index contributed by atoms with van der Waals surface area (Å²) in [6, 6.07) is 17.1. The fourth-order valence-corrected chi connectivity index (χ4v) is 2.43. The Morgan fingerprint density at radius 2 is 1.84 bits per heavy atom. The third kappa shape index (κ3) is 4.07. The van der Waals surface area contributed by atoms with Gasteiger partial charge in [-0.2, -0.15) is 0 Å². The molecule has 0 radical (unpaired) electrons. The highest BCUT2D eigenvalue weighted by atomic mass is 16.5. The maximum Gasteiger partial charge on any atom is 0.278 e. The first-order valence-electron chi connectivity index (χ1n) is 8.20. The molecule has 0 aliphatic carbocycles. The van der Waals surface area contributed by atoms with Gasteiger partial charge in [-0.25, -0.2) is 0 Å². The van der Waals surface area contributed by atoms with E-state index in [4.69, 9.17) is 9.26 Å². The van der Waals surface area contributed by atoms with Crippen LogP contribution in [0.5, 0.6) is 5.75 Å². The van der Waals surface area contributed by atoms with Crippen LogP contribution in [-0.4, -0.2) is 11.1 Å². The Hall–Kier alpha value is -3.08. The highest BCUT2D eigenvalue weighted by Crippen LogP contribution is 2.19. The third-order valence-corrected chi connectivity index (χ3v) is 3.95. The van der Waals surface area contributed by atoms with Crippen molar-refractivity contribution in [3.05, 3.63) is 77.2 Å². The molecule has 1 N–H and O–H groups in total. The molecule has 2 aromatic carbocycles. The second-order valence-corrected chi connectivity index (χ2v) is 5.67. The van der Waals surface area contributed by atoms with E-state index in [-0.39, 0.29) is 18.2 Å². The SMILES string of the molecule is CCc1ccc(OCc2c(C(=O)Nc3ccccc3)noc2C)cc1. The summed E-state index contributed by atoms with van der Waals surface area (Å²) in [5, 5.41) is 6.69. The quantitative estimate of drug-likeness (QED) is 0.725. The standard InChI is InChI=1S/C20H20N2O3/c1-3-15-9-11-17(12-10-15)24-13-18-14(2)25-22-19(18)20(23)21-16-7-5-4-6-8-16/h4-12H,3,13H2,1-2H3,(H,21,23). The number of carbonyl (C=O) groups excluding carboxylic acids is 1. The number of carbonyl (C=O) groups is 1. The third-order valence-electron chi connectivity index (χ3n) is 3.95. The number of rotatable bonds is 6. The Balaban J connectivity index is 1.71. The van der Waals surface area contributed by atoms with Gasteiger partial charge in [0.05, 0.1) is 5.56 Å². The van der Waals surface area contributed by atoms with Crippen molar-refractivity contribution in [2.45, 2.75) is 26.9 Å². The lowest BCUT2D eigenvalue weighted by molar-refractivity contribution is 0.101. The van der Waals surface area contributed by atoms with E-state index < -0.39 is 0 Å². The highest BCUT2D eigenvalue weighted by molar-refractivity contribution is 6.03. The van der Waals surface area contributed by atoms with Crippen molar-refractivity contribution in [1.82, 2.24) is 5.16 Å². The van der Waals surface area contributed by atoms with E-state index in [0.717, 1.165) is 12.2 Å². The predicted octanol–water partition coefficient (Wildman–Crippen LogP) is 4.38. The van der Waals surface area contributed by atoms with Crippen LogP contribution in [0.3, 0.4) is 0 Å². The lowest BCUT2D eigenvalue weighted by atomic mass is 10.1. The van der Waals surface area contributed by atoms with Gasteiger partial charge in [0.1, 0.15) is 18.1 Å². The lowest BCUT2D eigenvalue weighted by Gasteiger charge is -2.08. The van der Waals surface area contributed by atoms with Gasteiger partial charge in [0.15, 0.2) is 5.69 Å². The smallest absolute Gasteiger partial charge is 0.278 e. The average molecular weight is 336 g/mol. The number of amides is 1. The molecule has 0 aliphatic heterocycles. The molecule has 0 aliphatic rings. The molecular formula is C20H20N2O3. The predicted molar refractivity (Wildman–Crippen MR) is 95.8 cm³/mol. The van der Waals surface area contributed by atoms with Gasteiger partial charge in [-0.15, -0.1) is 0 Å². The Morgan fingerprint density at radius 3 is 2.52 bits per heavy atom. The second kappa shape index (κ2) is 7.66. The molecule has 0 bridgehead atoms. The first-order chi connectivity index (χ1) is 12.2. The molecule has 0 unspecified atom stereocenters.